The highest BCUT2D eigenvalue weighted by molar-refractivity contribution is 7.08. The number of rotatable bonds is 9. The second-order valence-corrected chi connectivity index (χ2v) is 15.7. The molecule has 2 saturated heterocycles. The Morgan fingerprint density at radius 3 is 2.32 bits per heavy atom. The monoisotopic (exact) mass is 582 g/mol. The fourth-order valence-corrected chi connectivity index (χ4v) is 11.5. The van der Waals surface area contributed by atoms with Crippen LogP contribution >= 0.6 is 11.3 Å². The first kappa shape index (κ1) is 29.0. The lowest BCUT2D eigenvalue weighted by Crippen LogP contribution is -2.64. The maximum Gasteiger partial charge on any atom is 0.102 e. The van der Waals surface area contributed by atoms with E-state index in [1.54, 1.807) is 16.9 Å². The minimum absolute atomic E-state index is 0.193. The van der Waals surface area contributed by atoms with Gasteiger partial charge < -0.3 is 24.4 Å². The van der Waals surface area contributed by atoms with Crippen LogP contribution in [0.3, 0.4) is 0 Å². The fourth-order valence-electron chi connectivity index (χ4n) is 10.8. The summed E-state index contributed by atoms with van der Waals surface area (Å²) in [6.07, 6.45) is 16.7. The normalized spacial score (nSPS) is 43.1. The number of fused-ring (bicyclic) bond motifs is 5. The number of hydrogen-bond acceptors (Lipinski definition) is 6. The number of nitrogens with zero attached hydrogens (tertiary/aromatic N) is 2. The quantitative estimate of drug-likeness (QED) is 0.332. The van der Waals surface area contributed by atoms with E-state index in [0.717, 1.165) is 64.8 Å². The van der Waals surface area contributed by atoms with Gasteiger partial charge in [0.2, 0.25) is 0 Å². The molecule has 0 amide bonds. The Morgan fingerprint density at radius 1 is 0.878 bits per heavy atom. The summed E-state index contributed by atoms with van der Waals surface area (Å²) in [4.78, 5) is 5.11. The number of likely N-dealkylation sites (tertiary alicyclic amines) is 2. The van der Waals surface area contributed by atoms with Gasteiger partial charge in [-0.2, -0.15) is 11.3 Å². The Kier molecular flexibility index (Phi) is 7.99. The van der Waals surface area contributed by atoms with Crippen LogP contribution in [0.25, 0.3) is 0 Å². The smallest absolute Gasteiger partial charge is 0.102 e. The molecule has 4 aliphatic carbocycles. The van der Waals surface area contributed by atoms with Gasteiger partial charge in [-0.1, -0.05) is 25.5 Å². The molecule has 41 heavy (non-hydrogen) atoms. The molecule has 7 rings (SSSR count). The largest absolute Gasteiger partial charge is 0.389 e. The molecule has 5 fully saturated rings. The minimum atomic E-state index is -0.677. The minimum Gasteiger partial charge on any atom is -0.389 e. The number of allylic oxidation sites excluding steroid dienone is 1. The van der Waals surface area contributed by atoms with Gasteiger partial charge in [-0.15, -0.1) is 0 Å². The fraction of sp³-hybridized carbons (Fsp3) is 0.829. The number of ether oxygens (including phenoxy) is 2. The Bertz CT molecular complexity index is 1080. The van der Waals surface area contributed by atoms with Gasteiger partial charge in [0.1, 0.15) is 5.60 Å². The van der Waals surface area contributed by atoms with Crippen LogP contribution in [0.2, 0.25) is 0 Å². The van der Waals surface area contributed by atoms with E-state index < -0.39 is 5.60 Å². The molecule has 228 valence electrons. The third-order valence-electron chi connectivity index (χ3n) is 13.3. The van der Waals surface area contributed by atoms with Crippen molar-refractivity contribution in [2.45, 2.75) is 108 Å². The van der Waals surface area contributed by atoms with Gasteiger partial charge in [0, 0.05) is 18.5 Å². The lowest BCUT2D eigenvalue weighted by atomic mass is 9.44. The van der Waals surface area contributed by atoms with Crippen LogP contribution in [-0.4, -0.2) is 79.1 Å². The number of aliphatic hydroxyl groups is 1. The lowest BCUT2D eigenvalue weighted by molar-refractivity contribution is -0.235. The topological polar surface area (TPSA) is 45.2 Å². The molecule has 0 bridgehead atoms. The van der Waals surface area contributed by atoms with E-state index in [-0.39, 0.29) is 22.5 Å². The predicted molar refractivity (Wildman–Crippen MR) is 166 cm³/mol. The maximum absolute atomic E-state index is 13.0. The standard InChI is InChI=1S/C35H54N2O3S/c1-32-12-9-29(39-22-20-36-16-3-4-17-36)25-27(32)7-8-31-30(32)10-13-33(2)34(31,38)14-15-35(33,28-11-24-41-26-28)40-23-21-37-18-5-6-19-37/h11,24-26,29-31,38H,3-10,12-23H2,1-2H3/t29-,30-,31+,32-,33-,34-,35-/m0/s1. The van der Waals surface area contributed by atoms with E-state index in [1.807, 2.05) is 0 Å². The van der Waals surface area contributed by atoms with Crippen molar-refractivity contribution in [1.29, 1.82) is 0 Å². The molecule has 2 aliphatic heterocycles. The summed E-state index contributed by atoms with van der Waals surface area (Å²) in [5.74, 6) is 0.896. The van der Waals surface area contributed by atoms with Gasteiger partial charge in [0.05, 0.1) is 24.9 Å². The summed E-state index contributed by atoms with van der Waals surface area (Å²) in [5.41, 5.74) is 1.81. The molecule has 0 aromatic carbocycles. The van der Waals surface area contributed by atoms with Crippen molar-refractivity contribution >= 4 is 11.3 Å². The van der Waals surface area contributed by atoms with Gasteiger partial charge in [-0.05, 0) is 143 Å². The zero-order chi connectivity index (χ0) is 28.1. The average molecular weight is 583 g/mol. The van der Waals surface area contributed by atoms with Crippen molar-refractivity contribution in [3.8, 4) is 0 Å². The third-order valence-corrected chi connectivity index (χ3v) is 13.9. The second kappa shape index (κ2) is 11.3. The molecule has 0 unspecified atom stereocenters. The summed E-state index contributed by atoms with van der Waals surface area (Å²) in [7, 11) is 0. The summed E-state index contributed by atoms with van der Waals surface area (Å²) < 4.78 is 13.5. The molecule has 7 atom stereocenters. The Morgan fingerprint density at radius 2 is 1.61 bits per heavy atom. The van der Waals surface area contributed by atoms with Gasteiger partial charge in [-0.3, -0.25) is 0 Å². The first-order valence-electron chi connectivity index (χ1n) is 17.0. The van der Waals surface area contributed by atoms with Crippen molar-refractivity contribution in [3.63, 3.8) is 0 Å². The predicted octanol–water partition coefficient (Wildman–Crippen LogP) is 6.61. The molecule has 0 radical (unpaired) electrons. The van der Waals surface area contributed by atoms with Gasteiger partial charge in [-0.25, -0.2) is 0 Å². The molecule has 5 nitrogen and oxygen atoms in total. The molecule has 3 saturated carbocycles. The maximum atomic E-state index is 13.0. The van der Waals surface area contributed by atoms with Crippen LogP contribution in [0.4, 0.5) is 0 Å². The molecule has 6 aliphatic rings. The van der Waals surface area contributed by atoms with E-state index >= 15 is 0 Å². The summed E-state index contributed by atoms with van der Waals surface area (Å²) in [5, 5.41) is 17.5. The molecule has 1 aromatic heterocycles. The van der Waals surface area contributed by atoms with Crippen molar-refractivity contribution in [3.05, 3.63) is 34.0 Å². The third kappa shape index (κ3) is 4.73. The van der Waals surface area contributed by atoms with E-state index in [2.05, 4.69) is 46.5 Å². The van der Waals surface area contributed by atoms with E-state index in [0.29, 0.717) is 11.8 Å². The first-order valence-corrected chi connectivity index (χ1v) is 18.0. The number of thiophene rings is 1. The van der Waals surface area contributed by atoms with Crippen LogP contribution in [0.15, 0.2) is 28.5 Å². The molecular weight excluding hydrogens is 528 g/mol. The molecule has 0 spiro atoms. The van der Waals surface area contributed by atoms with Gasteiger partial charge >= 0.3 is 0 Å². The van der Waals surface area contributed by atoms with Crippen molar-refractivity contribution in [1.82, 2.24) is 9.80 Å². The lowest BCUT2D eigenvalue weighted by Gasteiger charge is -2.63. The second-order valence-electron chi connectivity index (χ2n) is 14.9. The Balaban J connectivity index is 1.09. The van der Waals surface area contributed by atoms with Crippen LogP contribution in [0.5, 0.6) is 0 Å². The van der Waals surface area contributed by atoms with Crippen LogP contribution in [0, 0.1) is 22.7 Å². The average Bonchev–Trinajstić information content (AvgIpc) is 3.79. The first-order chi connectivity index (χ1) is 19.9. The zero-order valence-corrected chi connectivity index (χ0v) is 26.6. The van der Waals surface area contributed by atoms with Gasteiger partial charge in [0.25, 0.3) is 0 Å². The number of hydrogen-bond donors (Lipinski definition) is 1. The van der Waals surface area contributed by atoms with Gasteiger partial charge in [0.15, 0.2) is 0 Å². The summed E-state index contributed by atoms with van der Waals surface area (Å²) >= 11 is 1.78. The summed E-state index contributed by atoms with van der Waals surface area (Å²) in [6.45, 7) is 13.6. The SMILES string of the molecule is C[C@]12CC[C@H]3[C@@H](CCC4=C[C@@H](OCCN5CCCC5)CC[C@@]43C)[C@@]1(O)CC[C@]2(OCCN1CCCC1)c1ccsc1. The Labute approximate surface area is 252 Å². The molecule has 1 N–H and O–H groups in total. The highest BCUT2D eigenvalue weighted by Crippen LogP contribution is 2.72. The van der Waals surface area contributed by atoms with Crippen molar-refractivity contribution in [2.24, 2.45) is 22.7 Å². The van der Waals surface area contributed by atoms with Crippen LogP contribution < -0.4 is 0 Å². The molecule has 1 aromatic rings. The molecule has 6 heteroatoms. The van der Waals surface area contributed by atoms with Crippen LogP contribution in [-0.2, 0) is 15.1 Å². The van der Waals surface area contributed by atoms with E-state index in [4.69, 9.17) is 9.47 Å². The van der Waals surface area contributed by atoms with Crippen molar-refractivity contribution in [2.75, 3.05) is 52.5 Å². The highest BCUT2D eigenvalue weighted by atomic mass is 32.1. The Hall–Kier alpha value is -0.760. The molecule has 3 heterocycles. The molecular formula is C35H54N2O3S. The summed E-state index contributed by atoms with van der Waals surface area (Å²) in [6, 6.07) is 2.29. The van der Waals surface area contributed by atoms with E-state index in [1.165, 1.54) is 70.3 Å². The van der Waals surface area contributed by atoms with Crippen molar-refractivity contribution < 1.29 is 14.6 Å². The van der Waals surface area contributed by atoms with E-state index in [9.17, 15) is 5.11 Å². The van der Waals surface area contributed by atoms with Crippen LogP contribution in [0.1, 0.15) is 96.5 Å². The zero-order valence-electron chi connectivity index (χ0n) is 25.7. The highest BCUT2D eigenvalue weighted by Gasteiger charge is 2.72.